The highest BCUT2D eigenvalue weighted by Gasteiger charge is 2.27. The number of fused-ring (bicyclic) bond motifs is 1. The van der Waals surface area contributed by atoms with E-state index in [0.29, 0.717) is 17.2 Å². The third kappa shape index (κ3) is 2.49. The summed E-state index contributed by atoms with van der Waals surface area (Å²) >= 11 is 11.6. The van der Waals surface area contributed by atoms with Gasteiger partial charge in [0.2, 0.25) is 0 Å². The SMILES string of the molecule is N[C@H]1CC(c2ccc(Cl)c(F)c2)Oc2ccc(Cl)cc21. The lowest BCUT2D eigenvalue weighted by atomic mass is 9.93. The highest BCUT2D eigenvalue weighted by Crippen LogP contribution is 2.41. The summed E-state index contributed by atoms with van der Waals surface area (Å²) in [6, 6.07) is 9.82. The van der Waals surface area contributed by atoms with E-state index in [9.17, 15) is 4.39 Å². The van der Waals surface area contributed by atoms with E-state index in [1.807, 2.05) is 0 Å². The molecule has 2 atom stereocenters. The standard InChI is InChI=1S/C15H12Cl2FNO/c16-9-2-4-14-10(6-9)13(19)7-15(20-14)8-1-3-11(17)12(18)5-8/h1-6,13,15H,7,19H2/t13-,15?/m0/s1. The Hall–Kier alpha value is -1.29. The normalized spacial score (nSPS) is 21.2. The highest BCUT2D eigenvalue weighted by molar-refractivity contribution is 6.31. The minimum atomic E-state index is -0.455. The van der Waals surface area contributed by atoms with Crippen molar-refractivity contribution >= 4 is 23.2 Å². The van der Waals surface area contributed by atoms with Crippen LogP contribution in [0.4, 0.5) is 4.39 Å². The van der Waals surface area contributed by atoms with E-state index in [1.165, 1.54) is 12.1 Å². The lowest BCUT2D eigenvalue weighted by molar-refractivity contribution is 0.161. The van der Waals surface area contributed by atoms with E-state index in [1.54, 1.807) is 24.3 Å². The van der Waals surface area contributed by atoms with Crippen molar-refractivity contribution < 1.29 is 9.13 Å². The van der Waals surface area contributed by atoms with E-state index in [4.69, 9.17) is 33.7 Å². The number of ether oxygens (including phenoxy) is 1. The Labute approximate surface area is 126 Å². The van der Waals surface area contributed by atoms with Crippen LogP contribution in [0.25, 0.3) is 0 Å². The summed E-state index contributed by atoms with van der Waals surface area (Å²) in [5, 5.41) is 0.722. The van der Waals surface area contributed by atoms with Crippen molar-refractivity contribution in [3.05, 3.63) is 63.4 Å². The second kappa shape index (κ2) is 5.24. The molecule has 1 heterocycles. The summed E-state index contributed by atoms with van der Waals surface area (Å²) in [5.41, 5.74) is 7.76. The van der Waals surface area contributed by atoms with Gasteiger partial charge in [-0.3, -0.25) is 0 Å². The molecule has 2 aromatic carbocycles. The van der Waals surface area contributed by atoms with Crippen LogP contribution in [0.2, 0.25) is 10.0 Å². The Balaban J connectivity index is 1.94. The molecule has 2 N–H and O–H groups in total. The molecule has 0 spiro atoms. The molecular weight excluding hydrogens is 300 g/mol. The molecule has 0 fully saturated rings. The van der Waals surface area contributed by atoms with Crippen LogP contribution in [0, 0.1) is 5.82 Å². The maximum absolute atomic E-state index is 13.5. The van der Waals surface area contributed by atoms with E-state index in [0.717, 1.165) is 11.1 Å². The van der Waals surface area contributed by atoms with Gasteiger partial charge in [0.05, 0.1) is 5.02 Å². The van der Waals surface area contributed by atoms with Crippen molar-refractivity contribution in [3.63, 3.8) is 0 Å². The number of benzene rings is 2. The smallest absolute Gasteiger partial charge is 0.142 e. The first-order chi connectivity index (χ1) is 9.54. The molecule has 104 valence electrons. The summed E-state index contributed by atoms with van der Waals surface area (Å²) in [6.07, 6.45) is 0.277. The van der Waals surface area contributed by atoms with Crippen LogP contribution in [0.5, 0.6) is 5.75 Å². The minimum absolute atomic E-state index is 0.0982. The third-order valence-electron chi connectivity index (χ3n) is 3.42. The zero-order valence-electron chi connectivity index (χ0n) is 10.4. The fourth-order valence-electron chi connectivity index (χ4n) is 2.39. The number of nitrogens with two attached hydrogens (primary N) is 1. The second-order valence-electron chi connectivity index (χ2n) is 4.80. The first-order valence-corrected chi connectivity index (χ1v) is 6.97. The van der Waals surface area contributed by atoms with Gasteiger partial charge in [0.15, 0.2) is 0 Å². The third-order valence-corrected chi connectivity index (χ3v) is 3.97. The molecule has 20 heavy (non-hydrogen) atoms. The second-order valence-corrected chi connectivity index (χ2v) is 5.65. The van der Waals surface area contributed by atoms with Gasteiger partial charge in [0.1, 0.15) is 17.7 Å². The average molecular weight is 312 g/mol. The molecule has 2 aromatic rings. The zero-order chi connectivity index (χ0) is 14.3. The van der Waals surface area contributed by atoms with Crippen molar-refractivity contribution in [3.8, 4) is 5.75 Å². The molecule has 0 aliphatic carbocycles. The molecule has 3 rings (SSSR count). The van der Waals surface area contributed by atoms with Crippen LogP contribution in [0.15, 0.2) is 36.4 Å². The number of rotatable bonds is 1. The molecular formula is C15H12Cl2FNO. The van der Waals surface area contributed by atoms with E-state index < -0.39 is 5.82 Å². The quantitative estimate of drug-likeness (QED) is 0.831. The Morgan fingerprint density at radius 2 is 1.95 bits per heavy atom. The molecule has 5 heteroatoms. The summed E-state index contributed by atoms with van der Waals surface area (Å²) in [5.74, 6) is 0.233. The first kappa shape index (κ1) is 13.7. The van der Waals surface area contributed by atoms with E-state index >= 15 is 0 Å². The Bertz CT molecular complexity index is 662. The van der Waals surface area contributed by atoms with E-state index in [-0.39, 0.29) is 17.2 Å². The molecule has 0 saturated carbocycles. The van der Waals surface area contributed by atoms with Gasteiger partial charge in [-0.25, -0.2) is 4.39 Å². The Morgan fingerprint density at radius 3 is 2.70 bits per heavy atom. The fourth-order valence-corrected chi connectivity index (χ4v) is 2.69. The zero-order valence-corrected chi connectivity index (χ0v) is 12.0. The van der Waals surface area contributed by atoms with Crippen LogP contribution in [-0.4, -0.2) is 0 Å². The van der Waals surface area contributed by atoms with Crippen molar-refractivity contribution in [2.45, 2.75) is 18.6 Å². The maximum atomic E-state index is 13.5. The minimum Gasteiger partial charge on any atom is -0.485 e. The predicted octanol–water partition coefficient (Wildman–Crippen LogP) is 4.66. The van der Waals surface area contributed by atoms with E-state index in [2.05, 4.69) is 0 Å². The van der Waals surface area contributed by atoms with Gasteiger partial charge in [0.25, 0.3) is 0 Å². The number of hydrogen-bond donors (Lipinski definition) is 1. The molecule has 0 saturated heterocycles. The maximum Gasteiger partial charge on any atom is 0.142 e. The van der Waals surface area contributed by atoms with Gasteiger partial charge in [-0.1, -0.05) is 29.3 Å². The lowest BCUT2D eigenvalue weighted by Crippen LogP contribution is -2.24. The van der Waals surface area contributed by atoms with Crippen molar-refractivity contribution in [2.75, 3.05) is 0 Å². The topological polar surface area (TPSA) is 35.2 Å². The average Bonchev–Trinajstić information content (AvgIpc) is 2.42. The molecule has 0 amide bonds. The molecule has 1 aliphatic heterocycles. The van der Waals surface area contributed by atoms with Gasteiger partial charge in [-0.2, -0.15) is 0 Å². The fraction of sp³-hybridized carbons (Fsp3) is 0.200. The van der Waals surface area contributed by atoms with Crippen LogP contribution in [0.1, 0.15) is 29.7 Å². The molecule has 1 unspecified atom stereocenters. The van der Waals surface area contributed by atoms with Crippen LogP contribution in [-0.2, 0) is 0 Å². The van der Waals surface area contributed by atoms with Crippen molar-refractivity contribution in [2.24, 2.45) is 5.73 Å². The summed E-state index contributed by atoms with van der Waals surface area (Å²) in [4.78, 5) is 0. The van der Waals surface area contributed by atoms with Gasteiger partial charge < -0.3 is 10.5 Å². The summed E-state index contributed by atoms with van der Waals surface area (Å²) in [6.45, 7) is 0. The molecule has 0 bridgehead atoms. The van der Waals surface area contributed by atoms with Gasteiger partial charge >= 0.3 is 0 Å². The van der Waals surface area contributed by atoms with Crippen molar-refractivity contribution in [1.82, 2.24) is 0 Å². The Morgan fingerprint density at radius 1 is 1.15 bits per heavy atom. The molecule has 0 radical (unpaired) electrons. The van der Waals surface area contributed by atoms with Gasteiger partial charge in [0, 0.05) is 23.0 Å². The summed E-state index contributed by atoms with van der Waals surface area (Å²) in [7, 11) is 0. The molecule has 1 aliphatic rings. The predicted molar refractivity (Wildman–Crippen MR) is 77.8 cm³/mol. The molecule has 2 nitrogen and oxygen atoms in total. The number of halogens is 3. The first-order valence-electron chi connectivity index (χ1n) is 6.21. The molecule has 0 aromatic heterocycles. The number of hydrogen-bond acceptors (Lipinski definition) is 2. The monoisotopic (exact) mass is 311 g/mol. The van der Waals surface area contributed by atoms with Crippen LogP contribution >= 0.6 is 23.2 Å². The lowest BCUT2D eigenvalue weighted by Gasteiger charge is -2.30. The summed E-state index contributed by atoms with van der Waals surface area (Å²) < 4.78 is 19.4. The van der Waals surface area contributed by atoms with Crippen LogP contribution in [0.3, 0.4) is 0 Å². The Kier molecular flexibility index (Phi) is 3.59. The van der Waals surface area contributed by atoms with Gasteiger partial charge in [-0.05, 0) is 35.9 Å². The largest absolute Gasteiger partial charge is 0.485 e. The highest BCUT2D eigenvalue weighted by atomic mass is 35.5. The van der Waals surface area contributed by atoms with Crippen molar-refractivity contribution in [1.29, 1.82) is 0 Å². The van der Waals surface area contributed by atoms with Gasteiger partial charge in [-0.15, -0.1) is 0 Å². The van der Waals surface area contributed by atoms with Crippen LogP contribution < -0.4 is 10.5 Å².